The molecule has 172 valence electrons. The van der Waals surface area contributed by atoms with E-state index in [9.17, 15) is 9.59 Å². The summed E-state index contributed by atoms with van der Waals surface area (Å²) < 4.78 is 5.73. The molecule has 2 atom stereocenters. The van der Waals surface area contributed by atoms with Gasteiger partial charge in [0.1, 0.15) is 5.60 Å². The maximum absolute atomic E-state index is 13.3. The molecule has 2 aliphatic rings. The zero-order valence-electron chi connectivity index (χ0n) is 19.4. The molecule has 0 aliphatic carbocycles. The third-order valence-corrected chi connectivity index (χ3v) is 6.31. The molecular weight excluding hydrogens is 446 g/mol. The number of benzene rings is 1. The Balaban J connectivity index is 2.01. The minimum Gasteiger partial charge on any atom is -0.456 e. The van der Waals surface area contributed by atoms with Crippen molar-refractivity contribution in [2.45, 2.75) is 72.1 Å². The highest BCUT2D eigenvalue weighted by molar-refractivity contribution is 8.16. The molecule has 0 aromatic heterocycles. The second-order valence-electron chi connectivity index (χ2n) is 9.00. The molecule has 0 saturated heterocycles. The van der Waals surface area contributed by atoms with E-state index in [4.69, 9.17) is 16.3 Å². The van der Waals surface area contributed by atoms with Crippen LogP contribution >= 0.6 is 23.4 Å². The van der Waals surface area contributed by atoms with Gasteiger partial charge in [-0.1, -0.05) is 42.4 Å². The molecule has 0 bridgehead atoms. The summed E-state index contributed by atoms with van der Waals surface area (Å²) in [5, 5.41) is 6.29. The first-order chi connectivity index (χ1) is 15.0. The van der Waals surface area contributed by atoms with E-state index in [-0.39, 0.29) is 18.4 Å². The van der Waals surface area contributed by atoms with E-state index in [1.165, 1.54) is 11.8 Å². The number of allylic oxidation sites excluding steroid dienone is 1. The fraction of sp³-hybridized carbons (Fsp3) is 0.458. The number of aliphatic imine (C=N–C) groups is 1. The van der Waals surface area contributed by atoms with Crippen LogP contribution in [0.1, 0.15) is 66.0 Å². The van der Waals surface area contributed by atoms with Gasteiger partial charge < -0.3 is 15.0 Å². The molecule has 0 saturated carbocycles. The number of hydrogen-bond acceptors (Lipinski definition) is 6. The Hall–Kier alpha value is -2.25. The number of carbonyl (C=O) groups is 2. The Bertz CT molecular complexity index is 993. The fourth-order valence-electron chi connectivity index (χ4n) is 3.52. The van der Waals surface area contributed by atoms with E-state index < -0.39 is 17.6 Å². The highest BCUT2D eigenvalue weighted by Crippen LogP contribution is 2.45. The maximum Gasteiger partial charge on any atom is 0.338 e. The summed E-state index contributed by atoms with van der Waals surface area (Å²) in [6.45, 7) is 11.3. The van der Waals surface area contributed by atoms with Crippen LogP contribution in [0, 0.1) is 0 Å². The predicted octanol–water partition coefficient (Wildman–Crippen LogP) is 5.56. The van der Waals surface area contributed by atoms with Crippen LogP contribution in [-0.4, -0.2) is 33.6 Å². The molecule has 3 rings (SSSR count). The van der Waals surface area contributed by atoms with Gasteiger partial charge in [-0.3, -0.25) is 4.79 Å². The number of carbonyl (C=O) groups excluding carboxylic acids is 2. The van der Waals surface area contributed by atoms with Crippen LogP contribution in [0.5, 0.6) is 0 Å². The van der Waals surface area contributed by atoms with Crippen LogP contribution in [0.25, 0.3) is 0 Å². The summed E-state index contributed by atoms with van der Waals surface area (Å²) >= 11 is 7.58. The van der Waals surface area contributed by atoms with Crippen molar-refractivity contribution < 1.29 is 14.3 Å². The molecule has 6 nitrogen and oxygen atoms in total. The molecule has 1 N–H and O–H groups in total. The first kappa shape index (κ1) is 24.4. The number of ether oxygens (including phenoxy) is 1. The van der Waals surface area contributed by atoms with E-state index in [0.717, 1.165) is 22.8 Å². The molecule has 32 heavy (non-hydrogen) atoms. The van der Waals surface area contributed by atoms with Crippen molar-refractivity contribution in [3.63, 3.8) is 0 Å². The number of amidine groups is 1. The van der Waals surface area contributed by atoms with Crippen LogP contribution in [0.3, 0.4) is 0 Å². The SMILES string of the molecule is CC[C@@H](C)NC(=O)CC1=CSC2=NC(C)=C(C(=O)OC(C)(C)C)[C@@H](c3ccc(Cl)cc3)N12. The van der Waals surface area contributed by atoms with Gasteiger partial charge >= 0.3 is 5.97 Å². The van der Waals surface area contributed by atoms with Crippen LogP contribution in [0.2, 0.25) is 5.02 Å². The van der Waals surface area contributed by atoms with Gasteiger partial charge in [0.05, 0.1) is 23.7 Å². The number of esters is 1. The van der Waals surface area contributed by atoms with E-state index >= 15 is 0 Å². The normalized spacial score (nSPS) is 19.2. The standard InChI is InChI=1S/C24H30ClN3O3S/c1-7-14(2)26-19(29)12-18-13-32-23-27-15(3)20(22(30)31-24(4,5)6)21(28(18)23)16-8-10-17(25)11-9-16/h8-11,13-14,21H,7,12H2,1-6H3,(H,26,29)/t14-,21-/m1/s1. The van der Waals surface area contributed by atoms with E-state index in [1.54, 1.807) is 12.1 Å². The summed E-state index contributed by atoms with van der Waals surface area (Å²) in [6, 6.07) is 7.02. The average Bonchev–Trinajstić information content (AvgIpc) is 3.07. The molecule has 0 unspecified atom stereocenters. The van der Waals surface area contributed by atoms with E-state index in [2.05, 4.69) is 10.3 Å². The van der Waals surface area contributed by atoms with Crippen LogP contribution in [-0.2, 0) is 14.3 Å². The Morgan fingerprint density at radius 3 is 2.53 bits per heavy atom. The Labute approximate surface area is 199 Å². The Morgan fingerprint density at radius 1 is 1.28 bits per heavy atom. The van der Waals surface area contributed by atoms with Crippen molar-refractivity contribution in [3.05, 3.63) is 57.2 Å². The minimum absolute atomic E-state index is 0.0626. The van der Waals surface area contributed by atoms with Gasteiger partial charge in [0.2, 0.25) is 5.91 Å². The average molecular weight is 476 g/mol. The number of halogens is 1. The summed E-state index contributed by atoms with van der Waals surface area (Å²) in [4.78, 5) is 32.6. The molecule has 1 aromatic carbocycles. The second kappa shape index (κ2) is 9.71. The number of amides is 1. The molecule has 1 amide bonds. The van der Waals surface area contributed by atoms with Gasteiger partial charge in [-0.25, -0.2) is 9.79 Å². The predicted molar refractivity (Wildman–Crippen MR) is 130 cm³/mol. The molecule has 1 aromatic rings. The summed E-state index contributed by atoms with van der Waals surface area (Å²) in [5.74, 6) is -0.481. The van der Waals surface area contributed by atoms with E-state index in [0.29, 0.717) is 16.3 Å². The summed E-state index contributed by atoms with van der Waals surface area (Å²) in [6.07, 6.45) is 1.05. The lowest BCUT2D eigenvalue weighted by Gasteiger charge is -2.37. The minimum atomic E-state index is -0.645. The van der Waals surface area contributed by atoms with Gasteiger partial charge in [0.15, 0.2) is 5.17 Å². The van der Waals surface area contributed by atoms with Crippen LogP contribution in [0.4, 0.5) is 0 Å². The fourth-order valence-corrected chi connectivity index (χ4v) is 4.61. The van der Waals surface area contributed by atoms with Crippen molar-refractivity contribution >= 4 is 40.4 Å². The van der Waals surface area contributed by atoms with Crippen molar-refractivity contribution in [1.82, 2.24) is 10.2 Å². The number of fused-ring (bicyclic) bond motifs is 1. The maximum atomic E-state index is 13.3. The van der Waals surface area contributed by atoms with Crippen molar-refractivity contribution in [1.29, 1.82) is 0 Å². The van der Waals surface area contributed by atoms with Gasteiger partial charge in [0.25, 0.3) is 0 Å². The van der Waals surface area contributed by atoms with Crippen LogP contribution in [0.15, 0.2) is 51.6 Å². The third-order valence-electron chi connectivity index (χ3n) is 5.17. The van der Waals surface area contributed by atoms with Gasteiger partial charge in [-0.2, -0.15) is 0 Å². The van der Waals surface area contributed by atoms with Crippen molar-refractivity contribution in [2.24, 2.45) is 4.99 Å². The Morgan fingerprint density at radius 2 is 1.94 bits per heavy atom. The molecule has 0 fully saturated rings. The smallest absolute Gasteiger partial charge is 0.338 e. The molecule has 0 spiro atoms. The number of hydrogen-bond donors (Lipinski definition) is 1. The van der Waals surface area contributed by atoms with Gasteiger partial charge in [-0.05, 0) is 64.1 Å². The largest absolute Gasteiger partial charge is 0.456 e. The number of nitrogens with one attached hydrogen (secondary N) is 1. The summed E-state index contributed by atoms with van der Waals surface area (Å²) in [7, 11) is 0. The molecule has 8 heteroatoms. The van der Waals surface area contributed by atoms with Gasteiger partial charge in [-0.15, -0.1) is 0 Å². The van der Waals surface area contributed by atoms with Crippen LogP contribution < -0.4 is 5.32 Å². The molecule has 0 radical (unpaired) electrons. The number of thioether (sulfide) groups is 1. The first-order valence-corrected chi connectivity index (χ1v) is 12.0. The zero-order chi connectivity index (χ0) is 23.6. The van der Waals surface area contributed by atoms with E-state index in [1.807, 2.05) is 64.0 Å². The lowest BCUT2D eigenvalue weighted by molar-refractivity contribution is -0.150. The highest BCUT2D eigenvalue weighted by Gasteiger charge is 2.41. The third kappa shape index (κ3) is 5.56. The topological polar surface area (TPSA) is 71.0 Å². The first-order valence-electron chi connectivity index (χ1n) is 10.7. The molecule has 2 aliphatic heterocycles. The summed E-state index contributed by atoms with van der Waals surface area (Å²) in [5.41, 5.74) is 2.09. The van der Waals surface area contributed by atoms with Crippen molar-refractivity contribution in [3.8, 4) is 0 Å². The number of rotatable bonds is 6. The van der Waals surface area contributed by atoms with Crippen molar-refractivity contribution in [2.75, 3.05) is 0 Å². The number of nitrogens with zero attached hydrogens (tertiary/aromatic N) is 2. The molecular formula is C24H30ClN3O3S. The van der Waals surface area contributed by atoms with Gasteiger partial charge in [0, 0.05) is 16.8 Å². The lowest BCUT2D eigenvalue weighted by atomic mass is 9.93. The highest BCUT2D eigenvalue weighted by atomic mass is 35.5. The Kier molecular flexibility index (Phi) is 7.40. The lowest BCUT2D eigenvalue weighted by Crippen LogP contribution is -2.40. The monoisotopic (exact) mass is 475 g/mol. The molecule has 2 heterocycles. The quantitative estimate of drug-likeness (QED) is 0.545. The zero-order valence-corrected chi connectivity index (χ0v) is 20.9. The second-order valence-corrected chi connectivity index (χ2v) is 10.3.